The summed E-state index contributed by atoms with van der Waals surface area (Å²) < 4.78 is 4.65. The molecule has 1 aromatic heterocycles. The summed E-state index contributed by atoms with van der Waals surface area (Å²) in [7, 11) is 1.29. The van der Waals surface area contributed by atoms with Gasteiger partial charge in [-0.2, -0.15) is 0 Å². The lowest BCUT2D eigenvalue weighted by molar-refractivity contribution is -0.137. The second-order valence-corrected chi connectivity index (χ2v) is 8.44. The molecule has 1 saturated heterocycles. The minimum Gasteiger partial charge on any atom is -0.453 e. The zero-order valence-electron chi connectivity index (χ0n) is 19.0. The quantitative estimate of drug-likeness (QED) is 0.627. The maximum absolute atomic E-state index is 13.2. The summed E-state index contributed by atoms with van der Waals surface area (Å²) in [6.07, 6.45) is 7.39. The van der Waals surface area contributed by atoms with Crippen molar-refractivity contribution in [1.29, 1.82) is 0 Å². The maximum Gasteiger partial charge on any atom is 0.407 e. The Bertz CT molecular complexity index is 1090. The van der Waals surface area contributed by atoms with Crippen LogP contribution in [0, 0.1) is 5.92 Å². The smallest absolute Gasteiger partial charge is 0.407 e. The molecule has 4 unspecified atom stereocenters. The van der Waals surface area contributed by atoms with Crippen LogP contribution in [0.2, 0.25) is 0 Å². The zero-order chi connectivity index (χ0) is 23.5. The number of alkyl carbamates (subject to hydrolysis) is 1. The molecule has 8 heteroatoms. The van der Waals surface area contributed by atoms with Gasteiger partial charge in [-0.15, -0.1) is 0 Å². The summed E-state index contributed by atoms with van der Waals surface area (Å²) in [6.45, 7) is 9.12. The fourth-order valence-electron chi connectivity index (χ4n) is 4.98. The molecule has 8 nitrogen and oxygen atoms in total. The number of H-pyrrole nitrogens is 1. The zero-order valence-corrected chi connectivity index (χ0v) is 19.0. The van der Waals surface area contributed by atoms with Gasteiger partial charge < -0.3 is 19.9 Å². The van der Waals surface area contributed by atoms with Crippen molar-refractivity contribution in [3.05, 3.63) is 67.3 Å². The van der Waals surface area contributed by atoms with E-state index in [4.69, 9.17) is 0 Å². The Morgan fingerprint density at radius 1 is 1.30 bits per heavy atom. The Balaban J connectivity index is 1.56. The molecule has 1 aromatic carbocycles. The van der Waals surface area contributed by atoms with Crippen molar-refractivity contribution >= 4 is 17.7 Å². The summed E-state index contributed by atoms with van der Waals surface area (Å²) >= 11 is 0. The summed E-state index contributed by atoms with van der Waals surface area (Å²) in [5.74, 6) is 1.02. The van der Waals surface area contributed by atoms with Crippen LogP contribution in [0.3, 0.4) is 0 Å². The van der Waals surface area contributed by atoms with E-state index in [0.717, 1.165) is 47.6 Å². The lowest BCUT2D eigenvalue weighted by Crippen LogP contribution is -2.50. The molecule has 1 saturated carbocycles. The van der Waals surface area contributed by atoms with Gasteiger partial charge in [0, 0.05) is 17.8 Å². The molecule has 4 rings (SSSR count). The highest BCUT2D eigenvalue weighted by atomic mass is 16.5. The van der Waals surface area contributed by atoms with Gasteiger partial charge in [0.25, 0.3) is 0 Å². The van der Waals surface area contributed by atoms with Crippen molar-refractivity contribution in [3.63, 3.8) is 0 Å². The number of carbonyl (C=O) groups is 2. The number of aromatic nitrogens is 2. The number of amides is 2. The summed E-state index contributed by atoms with van der Waals surface area (Å²) in [4.78, 5) is 39.0. The Morgan fingerprint density at radius 3 is 2.73 bits per heavy atom. The van der Waals surface area contributed by atoms with Gasteiger partial charge in [-0.3, -0.25) is 9.79 Å². The maximum atomic E-state index is 13.2. The van der Waals surface area contributed by atoms with Gasteiger partial charge in [0.1, 0.15) is 11.9 Å². The highest BCUT2D eigenvalue weighted by Crippen LogP contribution is 2.49. The molecule has 2 N–H and O–H groups in total. The molecule has 2 heterocycles. The highest BCUT2D eigenvalue weighted by Gasteiger charge is 2.50. The predicted octanol–water partition coefficient (Wildman–Crippen LogP) is 3.99. The SMILES string of the molecule is C=CN=C(C=C)c1ccc(-c2cnc(C3C4CCC(C4)N3C(=O)C(C)NC(=O)OC)[nH]2)cc1. The second-order valence-electron chi connectivity index (χ2n) is 8.44. The molecule has 2 amide bonds. The van der Waals surface area contributed by atoms with E-state index in [2.05, 4.69) is 38.2 Å². The Morgan fingerprint density at radius 2 is 2.06 bits per heavy atom. The third-order valence-electron chi connectivity index (χ3n) is 6.52. The third kappa shape index (κ3) is 4.33. The summed E-state index contributed by atoms with van der Waals surface area (Å²) in [5, 5.41) is 2.59. The number of ether oxygens (including phenoxy) is 1. The van der Waals surface area contributed by atoms with E-state index in [9.17, 15) is 9.59 Å². The molecule has 2 bridgehead atoms. The van der Waals surface area contributed by atoms with Gasteiger partial charge in [-0.05, 0) is 43.7 Å². The molecule has 2 aromatic rings. The van der Waals surface area contributed by atoms with E-state index < -0.39 is 12.1 Å². The van der Waals surface area contributed by atoms with Gasteiger partial charge in [0.15, 0.2) is 0 Å². The number of hydrogen-bond donors (Lipinski definition) is 2. The Hall–Kier alpha value is -3.68. The number of aliphatic imine (C=N–C) groups is 1. The number of allylic oxidation sites excluding steroid dienone is 1. The number of carbonyl (C=O) groups excluding carboxylic acids is 2. The predicted molar refractivity (Wildman–Crippen MR) is 127 cm³/mol. The van der Waals surface area contributed by atoms with Gasteiger partial charge in [-0.25, -0.2) is 9.78 Å². The first-order valence-corrected chi connectivity index (χ1v) is 11.1. The van der Waals surface area contributed by atoms with E-state index in [0.29, 0.717) is 5.92 Å². The van der Waals surface area contributed by atoms with Crippen molar-refractivity contribution < 1.29 is 14.3 Å². The van der Waals surface area contributed by atoms with Gasteiger partial charge in [0.2, 0.25) is 5.91 Å². The van der Waals surface area contributed by atoms with Crippen LogP contribution in [0.4, 0.5) is 4.79 Å². The number of hydrogen-bond acceptors (Lipinski definition) is 5. The number of benzene rings is 1. The van der Waals surface area contributed by atoms with Crippen LogP contribution in [-0.4, -0.2) is 51.8 Å². The number of aromatic amines is 1. The molecule has 2 fully saturated rings. The van der Waals surface area contributed by atoms with Crippen LogP contribution in [0.1, 0.15) is 43.6 Å². The average molecular weight is 448 g/mol. The van der Waals surface area contributed by atoms with E-state index >= 15 is 0 Å². The molecule has 0 radical (unpaired) electrons. The largest absolute Gasteiger partial charge is 0.453 e. The van der Waals surface area contributed by atoms with Crippen LogP contribution in [0.5, 0.6) is 0 Å². The normalized spacial score (nSPS) is 22.7. The lowest BCUT2D eigenvalue weighted by atomic mass is 9.97. The van der Waals surface area contributed by atoms with E-state index in [1.54, 1.807) is 19.2 Å². The number of nitrogens with one attached hydrogen (secondary N) is 2. The first-order valence-electron chi connectivity index (χ1n) is 11.1. The van der Waals surface area contributed by atoms with Crippen molar-refractivity contribution in [1.82, 2.24) is 20.2 Å². The standard InChI is InChI=1S/C25H29N5O3/c1-5-20(26-6-2)16-7-9-17(10-8-16)21-14-27-23(29-21)22-18-11-12-19(13-18)30(22)24(31)15(3)28-25(32)33-4/h5-10,14-15,18-19,22H,1-2,11-13H2,3-4H3,(H,27,29)(H,28,32). The monoisotopic (exact) mass is 447 g/mol. The second kappa shape index (κ2) is 9.44. The fourth-order valence-corrected chi connectivity index (χ4v) is 4.98. The van der Waals surface area contributed by atoms with Crippen molar-refractivity contribution in [2.75, 3.05) is 7.11 Å². The number of piperidine rings is 1. The molecule has 172 valence electrons. The van der Waals surface area contributed by atoms with Crippen LogP contribution >= 0.6 is 0 Å². The topological polar surface area (TPSA) is 99.7 Å². The van der Waals surface area contributed by atoms with Crippen molar-refractivity contribution in [3.8, 4) is 11.3 Å². The number of rotatable bonds is 7. The molecule has 1 aliphatic heterocycles. The van der Waals surface area contributed by atoms with Crippen molar-refractivity contribution in [2.24, 2.45) is 10.9 Å². The molecule has 4 atom stereocenters. The third-order valence-corrected chi connectivity index (χ3v) is 6.52. The molecule has 0 spiro atoms. The number of likely N-dealkylation sites (tertiary alicyclic amines) is 1. The number of nitrogens with zero attached hydrogens (tertiary/aromatic N) is 3. The summed E-state index contributed by atoms with van der Waals surface area (Å²) in [5.41, 5.74) is 3.58. The first kappa shape index (κ1) is 22.5. The van der Waals surface area contributed by atoms with Crippen LogP contribution in [-0.2, 0) is 9.53 Å². The summed E-state index contributed by atoms with van der Waals surface area (Å²) in [6, 6.07) is 7.34. The number of imidazole rings is 1. The molecule has 2 aliphatic rings. The molecule has 33 heavy (non-hydrogen) atoms. The van der Waals surface area contributed by atoms with Crippen molar-refractivity contribution in [2.45, 2.75) is 44.3 Å². The molecular weight excluding hydrogens is 418 g/mol. The van der Waals surface area contributed by atoms with Gasteiger partial charge in [-0.1, -0.05) is 37.4 Å². The minimum absolute atomic E-state index is 0.113. The first-order chi connectivity index (χ1) is 16.0. The van der Waals surface area contributed by atoms with Crippen LogP contribution < -0.4 is 5.32 Å². The fraction of sp³-hybridized carbons (Fsp3) is 0.360. The average Bonchev–Trinajstić information content (AvgIpc) is 3.58. The Labute approximate surface area is 193 Å². The van der Waals surface area contributed by atoms with Crippen LogP contribution in [0.25, 0.3) is 11.3 Å². The van der Waals surface area contributed by atoms with Gasteiger partial charge in [0.05, 0.1) is 30.8 Å². The van der Waals surface area contributed by atoms with Gasteiger partial charge >= 0.3 is 6.09 Å². The minimum atomic E-state index is -0.669. The highest BCUT2D eigenvalue weighted by molar-refractivity contribution is 6.08. The number of methoxy groups -OCH3 is 1. The van der Waals surface area contributed by atoms with E-state index in [-0.39, 0.29) is 18.0 Å². The number of fused-ring (bicyclic) bond motifs is 2. The Kier molecular flexibility index (Phi) is 6.44. The van der Waals surface area contributed by atoms with E-state index in [1.165, 1.54) is 13.3 Å². The lowest BCUT2D eigenvalue weighted by Gasteiger charge is -2.36. The molecular formula is C25H29N5O3. The van der Waals surface area contributed by atoms with E-state index in [1.807, 2.05) is 29.2 Å². The molecule has 1 aliphatic carbocycles. The van der Waals surface area contributed by atoms with Crippen LogP contribution in [0.15, 0.2) is 60.9 Å².